The van der Waals surface area contributed by atoms with Crippen LogP contribution in [-0.4, -0.2) is 36.2 Å². The van der Waals surface area contributed by atoms with E-state index in [-0.39, 0.29) is 11.3 Å². The van der Waals surface area contributed by atoms with E-state index in [2.05, 4.69) is 5.16 Å². The van der Waals surface area contributed by atoms with Gasteiger partial charge >= 0.3 is 0 Å². The van der Waals surface area contributed by atoms with Crippen LogP contribution in [0.5, 0.6) is 11.5 Å². The molecule has 0 aliphatic carbocycles. The van der Waals surface area contributed by atoms with Crippen LogP contribution in [0.2, 0.25) is 0 Å². The summed E-state index contributed by atoms with van der Waals surface area (Å²) < 4.78 is 15.9. The molecule has 37 heavy (non-hydrogen) atoms. The Morgan fingerprint density at radius 1 is 0.946 bits per heavy atom. The number of ketones is 1. The summed E-state index contributed by atoms with van der Waals surface area (Å²) in [6.07, 6.45) is 0. The highest BCUT2D eigenvalue weighted by molar-refractivity contribution is 6.51. The van der Waals surface area contributed by atoms with Gasteiger partial charge in [-0.15, -0.1) is 0 Å². The molecule has 1 aliphatic rings. The first-order valence-electron chi connectivity index (χ1n) is 11.5. The number of rotatable bonds is 6. The highest BCUT2D eigenvalue weighted by Crippen LogP contribution is 2.45. The minimum Gasteiger partial charge on any atom is -0.507 e. The van der Waals surface area contributed by atoms with Gasteiger partial charge in [0.1, 0.15) is 28.7 Å². The molecule has 1 aromatic heterocycles. The molecular formula is C29H24N2O6. The van der Waals surface area contributed by atoms with Gasteiger partial charge in [-0.05, 0) is 49.4 Å². The number of carbonyl (C=O) groups is 2. The van der Waals surface area contributed by atoms with Gasteiger partial charge in [0.15, 0.2) is 0 Å². The maximum atomic E-state index is 13.4. The molecule has 1 fully saturated rings. The Kier molecular flexibility index (Phi) is 6.23. The SMILES string of the molecule is COc1ccc(C(O)=C2C(=O)C(=O)N(c3ccc(-c4cc(C)on4)cc3)C2c2ccccc2OC)cc1. The molecule has 2 heterocycles. The molecule has 1 amide bonds. The lowest BCUT2D eigenvalue weighted by Gasteiger charge is -2.26. The van der Waals surface area contributed by atoms with E-state index in [1.807, 2.05) is 6.07 Å². The first-order valence-corrected chi connectivity index (χ1v) is 11.5. The number of aromatic nitrogens is 1. The number of methoxy groups -OCH3 is 2. The van der Waals surface area contributed by atoms with Crippen LogP contribution in [0.1, 0.15) is 22.9 Å². The number of hydrogen-bond donors (Lipinski definition) is 1. The van der Waals surface area contributed by atoms with Crippen LogP contribution in [0.25, 0.3) is 17.0 Å². The van der Waals surface area contributed by atoms with E-state index in [9.17, 15) is 14.7 Å². The van der Waals surface area contributed by atoms with E-state index < -0.39 is 17.7 Å². The van der Waals surface area contributed by atoms with Crippen LogP contribution in [0.3, 0.4) is 0 Å². The van der Waals surface area contributed by atoms with E-state index in [0.717, 1.165) is 5.56 Å². The van der Waals surface area contributed by atoms with Gasteiger partial charge in [-0.2, -0.15) is 0 Å². The number of carbonyl (C=O) groups excluding carboxylic acids is 2. The third-order valence-corrected chi connectivity index (χ3v) is 6.31. The third kappa shape index (κ3) is 4.23. The van der Waals surface area contributed by atoms with Crippen LogP contribution in [-0.2, 0) is 9.59 Å². The van der Waals surface area contributed by atoms with Crippen molar-refractivity contribution in [3.05, 3.63) is 101 Å². The Hall–Kier alpha value is -4.85. The summed E-state index contributed by atoms with van der Waals surface area (Å²) in [6, 6.07) is 21.7. The molecule has 3 aromatic carbocycles. The van der Waals surface area contributed by atoms with Crippen molar-refractivity contribution in [1.29, 1.82) is 0 Å². The van der Waals surface area contributed by atoms with Crippen molar-refractivity contribution >= 4 is 23.1 Å². The predicted molar refractivity (Wildman–Crippen MR) is 137 cm³/mol. The molecular weight excluding hydrogens is 472 g/mol. The largest absolute Gasteiger partial charge is 0.507 e. The summed E-state index contributed by atoms with van der Waals surface area (Å²) in [5, 5.41) is 15.3. The topological polar surface area (TPSA) is 102 Å². The normalized spacial score (nSPS) is 16.7. The lowest BCUT2D eigenvalue weighted by molar-refractivity contribution is -0.132. The van der Waals surface area contributed by atoms with Crippen LogP contribution in [0.4, 0.5) is 5.69 Å². The van der Waals surface area contributed by atoms with Gasteiger partial charge in [0.25, 0.3) is 11.7 Å². The molecule has 1 N–H and O–H groups in total. The van der Waals surface area contributed by atoms with Crippen molar-refractivity contribution in [1.82, 2.24) is 5.16 Å². The number of ether oxygens (including phenoxy) is 2. The number of para-hydroxylation sites is 1. The minimum absolute atomic E-state index is 0.0316. The fourth-order valence-electron chi connectivity index (χ4n) is 4.49. The first-order chi connectivity index (χ1) is 17.9. The zero-order valence-corrected chi connectivity index (χ0v) is 20.5. The van der Waals surface area contributed by atoms with Crippen LogP contribution in [0, 0.1) is 6.92 Å². The molecule has 4 aromatic rings. The highest BCUT2D eigenvalue weighted by Gasteiger charge is 2.47. The third-order valence-electron chi connectivity index (χ3n) is 6.31. The number of aliphatic hydroxyl groups is 1. The van der Waals surface area contributed by atoms with E-state index in [0.29, 0.717) is 39.8 Å². The monoisotopic (exact) mass is 496 g/mol. The van der Waals surface area contributed by atoms with Crippen molar-refractivity contribution in [3.63, 3.8) is 0 Å². The average molecular weight is 497 g/mol. The van der Waals surface area contributed by atoms with Crippen molar-refractivity contribution < 1.29 is 28.7 Å². The Bertz CT molecular complexity index is 1500. The summed E-state index contributed by atoms with van der Waals surface area (Å²) in [5.41, 5.74) is 2.86. The van der Waals surface area contributed by atoms with Gasteiger partial charge in [-0.1, -0.05) is 35.5 Å². The summed E-state index contributed by atoms with van der Waals surface area (Å²) in [4.78, 5) is 28.2. The zero-order chi connectivity index (χ0) is 26.1. The van der Waals surface area contributed by atoms with Gasteiger partial charge < -0.3 is 19.1 Å². The van der Waals surface area contributed by atoms with Gasteiger partial charge in [0.2, 0.25) is 0 Å². The van der Waals surface area contributed by atoms with Crippen LogP contribution < -0.4 is 14.4 Å². The first kappa shape index (κ1) is 23.9. The van der Waals surface area contributed by atoms with E-state index in [1.165, 1.54) is 19.1 Å². The van der Waals surface area contributed by atoms with Crippen molar-refractivity contribution in [3.8, 4) is 22.8 Å². The fraction of sp³-hybridized carbons (Fsp3) is 0.138. The summed E-state index contributed by atoms with van der Waals surface area (Å²) in [6.45, 7) is 1.81. The molecule has 8 nitrogen and oxygen atoms in total. The molecule has 5 rings (SSSR count). The number of benzene rings is 3. The molecule has 1 aliphatic heterocycles. The minimum atomic E-state index is -0.918. The Morgan fingerprint density at radius 3 is 2.27 bits per heavy atom. The zero-order valence-electron chi connectivity index (χ0n) is 20.5. The van der Waals surface area contributed by atoms with Crippen molar-refractivity contribution in [2.75, 3.05) is 19.1 Å². The standard InChI is InChI=1S/C29H24N2O6/c1-17-16-23(30-37-17)18-8-12-20(13-9-18)31-26(22-6-4-5-7-24(22)36-3)25(28(33)29(31)34)27(32)19-10-14-21(35-2)15-11-19/h4-16,26,32H,1-3H3. The van der Waals surface area contributed by atoms with Gasteiger partial charge in [0, 0.05) is 28.4 Å². The second-order valence-corrected chi connectivity index (χ2v) is 8.51. The number of aryl methyl sites for hydroxylation is 1. The van der Waals surface area contributed by atoms with Crippen molar-refractivity contribution in [2.45, 2.75) is 13.0 Å². The molecule has 1 unspecified atom stereocenters. The molecule has 0 saturated carbocycles. The summed E-state index contributed by atoms with van der Waals surface area (Å²) in [5.74, 6) is -0.0691. The molecule has 1 atom stereocenters. The molecule has 8 heteroatoms. The van der Waals surface area contributed by atoms with Gasteiger partial charge in [-0.25, -0.2) is 0 Å². The quantitative estimate of drug-likeness (QED) is 0.220. The number of Topliss-reactive ketones (excluding diaryl/α,β-unsaturated/α-hetero) is 1. The lowest BCUT2D eigenvalue weighted by atomic mass is 9.94. The van der Waals surface area contributed by atoms with E-state index in [1.54, 1.807) is 79.7 Å². The van der Waals surface area contributed by atoms with Crippen molar-refractivity contribution in [2.24, 2.45) is 0 Å². The molecule has 0 spiro atoms. The summed E-state index contributed by atoms with van der Waals surface area (Å²) >= 11 is 0. The van der Waals surface area contributed by atoms with E-state index >= 15 is 0 Å². The fourth-order valence-corrected chi connectivity index (χ4v) is 4.49. The second-order valence-electron chi connectivity index (χ2n) is 8.51. The molecule has 1 saturated heterocycles. The number of nitrogens with zero attached hydrogens (tertiary/aromatic N) is 2. The number of hydrogen-bond acceptors (Lipinski definition) is 7. The smallest absolute Gasteiger partial charge is 0.300 e. The second kappa shape index (κ2) is 9.66. The number of aliphatic hydroxyl groups excluding tert-OH is 1. The van der Waals surface area contributed by atoms with Gasteiger partial charge in [-0.3, -0.25) is 14.5 Å². The number of anilines is 1. The molecule has 0 radical (unpaired) electrons. The number of amides is 1. The predicted octanol–water partition coefficient (Wildman–Crippen LogP) is 5.29. The molecule has 0 bridgehead atoms. The highest BCUT2D eigenvalue weighted by atomic mass is 16.5. The van der Waals surface area contributed by atoms with Gasteiger partial charge in [0.05, 0.1) is 25.8 Å². The Morgan fingerprint density at radius 2 is 1.65 bits per heavy atom. The Balaban J connectivity index is 1.66. The molecule has 186 valence electrons. The maximum absolute atomic E-state index is 13.4. The Labute approximate surface area is 213 Å². The maximum Gasteiger partial charge on any atom is 0.300 e. The lowest BCUT2D eigenvalue weighted by Crippen LogP contribution is -2.29. The average Bonchev–Trinajstić information content (AvgIpc) is 3.49. The van der Waals surface area contributed by atoms with E-state index in [4.69, 9.17) is 14.0 Å². The van der Waals surface area contributed by atoms with Crippen LogP contribution in [0.15, 0.2) is 89.0 Å². The summed E-state index contributed by atoms with van der Waals surface area (Å²) in [7, 11) is 3.06. The van der Waals surface area contributed by atoms with Crippen LogP contribution >= 0.6 is 0 Å².